The third-order valence-electron chi connectivity index (χ3n) is 3.96. The van der Waals surface area contributed by atoms with Crippen molar-refractivity contribution in [1.29, 1.82) is 0 Å². The lowest BCUT2D eigenvalue weighted by Crippen LogP contribution is -2.38. The molecule has 21 heavy (non-hydrogen) atoms. The van der Waals surface area contributed by atoms with Gasteiger partial charge in [-0.3, -0.25) is 0 Å². The van der Waals surface area contributed by atoms with Crippen LogP contribution in [0.1, 0.15) is 38.2 Å². The van der Waals surface area contributed by atoms with Crippen LogP contribution in [0, 0.1) is 5.92 Å². The van der Waals surface area contributed by atoms with E-state index in [4.69, 9.17) is 9.84 Å². The number of hydrogen-bond acceptors (Lipinski definition) is 4. The number of rotatable bonds is 5. The van der Waals surface area contributed by atoms with Gasteiger partial charge in [0.2, 0.25) is 10.0 Å². The molecule has 118 valence electrons. The minimum atomic E-state index is -3.61. The molecular formula is C15H23NO4S. The Morgan fingerprint density at radius 2 is 2.14 bits per heavy atom. The summed E-state index contributed by atoms with van der Waals surface area (Å²) in [6.45, 7) is 2.00. The third-order valence-corrected chi connectivity index (χ3v) is 5.52. The number of sulfonamides is 1. The number of benzene rings is 1. The first kappa shape index (κ1) is 16.3. The Kier molecular flexibility index (Phi) is 5.24. The summed E-state index contributed by atoms with van der Waals surface area (Å²) < 4.78 is 33.0. The standard InChI is InChI=1S/C15H23NO4S/c1-11-4-3-5-13(8-11)16-21(18,19)15-7-6-12(10-17)9-14(15)20-2/h6-7,9,11,13,16-17H,3-5,8,10H2,1-2H3. The van der Waals surface area contributed by atoms with Crippen molar-refractivity contribution in [2.24, 2.45) is 5.92 Å². The van der Waals surface area contributed by atoms with Crippen LogP contribution in [0.3, 0.4) is 0 Å². The normalized spacial score (nSPS) is 23.0. The quantitative estimate of drug-likeness (QED) is 0.872. The van der Waals surface area contributed by atoms with Gasteiger partial charge in [0.15, 0.2) is 0 Å². The molecule has 0 spiro atoms. The zero-order valence-electron chi connectivity index (χ0n) is 12.5. The monoisotopic (exact) mass is 313 g/mol. The maximum Gasteiger partial charge on any atom is 0.244 e. The van der Waals surface area contributed by atoms with Crippen LogP contribution >= 0.6 is 0 Å². The molecule has 0 saturated heterocycles. The van der Waals surface area contributed by atoms with Gasteiger partial charge in [-0.25, -0.2) is 13.1 Å². The highest BCUT2D eigenvalue weighted by molar-refractivity contribution is 7.89. The van der Waals surface area contributed by atoms with Crippen LogP contribution in [-0.2, 0) is 16.6 Å². The molecule has 2 rings (SSSR count). The van der Waals surface area contributed by atoms with Gasteiger partial charge in [0.1, 0.15) is 10.6 Å². The lowest BCUT2D eigenvalue weighted by Gasteiger charge is -2.27. The zero-order chi connectivity index (χ0) is 15.5. The molecular weight excluding hydrogens is 290 g/mol. The van der Waals surface area contributed by atoms with E-state index in [1.165, 1.54) is 13.2 Å². The fraction of sp³-hybridized carbons (Fsp3) is 0.600. The van der Waals surface area contributed by atoms with Gasteiger partial charge >= 0.3 is 0 Å². The number of methoxy groups -OCH3 is 1. The minimum absolute atomic E-state index is 0.0130. The van der Waals surface area contributed by atoms with Crippen LogP contribution in [0.4, 0.5) is 0 Å². The van der Waals surface area contributed by atoms with E-state index < -0.39 is 10.0 Å². The van der Waals surface area contributed by atoms with Gasteiger partial charge in [0, 0.05) is 6.04 Å². The van der Waals surface area contributed by atoms with Gasteiger partial charge in [0.25, 0.3) is 0 Å². The van der Waals surface area contributed by atoms with Crippen LogP contribution in [0.5, 0.6) is 5.75 Å². The molecule has 1 saturated carbocycles. The van der Waals surface area contributed by atoms with Crippen molar-refractivity contribution in [3.63, 3.8) is 0 Å². The Labute approximate surface area is 126 Å². The molecule has 0 aromatic heterocycles. The Morgan fingerprint density at radius 1 is 1.38 bits per heavy atom. The molecule has 1 fully saturated rings. The number of ether oxygens (including phenoxy) is 1. The van der Waals surface area contributed by atoms with E-state index in [1.807, 2.05) is 0 Å². The van der Waals surface area contributed by atoms with Gasteiger partial charge in [-0.15, -0.1) is 0 Å². The Morgan fingerprint density at radius 3 is 2.76 bits per heavy atom. The molecule has 0 aliphatic heterocycles. The molecule has 0 heterocycles. The fourth-order valence-corrected chi connectivity index (χ4v) is 4.29. The van der Waals surface area contributed by atoms with Crippen molar-refractivity contribution < 1.29 is 18.3 Å². The second-order valence-corrected chi connectivity index (χ2v) is 7.42. The minimum Gasteiger partial charge on any atom is -0.495 e. The third kappa shape index (κ3) is 3.96. The molecule has 2 unspecified atom stereocenters. The molecule has 0 bridgehead atoms. The van der Waals surface area contributed by atoms with Crippen molar-refractivity contribution in [3.8, 4) is 5.75 Å². The maximum absolute atomic E-state index is 12.5. The summed E-state index contributed by atoms with van der Waals surface area (Å²) >= 11 is 0. The average Bonchev–Trinajstić information content (AvgIpc) is 2.46. The topological polar surface area (TPSA) is 75.6 Å². The smallest absolute Gasteiger partial charge is 0.244 e. The maximum atomic E-state index is 12.5. The molecule has 1 aliphatic carbocycles. The van der Waals surface area contributed by atoms with E-state index in [9.17, 15) is 8.42 Å². The van der Waals surface area contributed by atoms with Crippen LogP contribution in [0.25, 0.3) is 0 Å². The van der Waals surface area contributed by atoms with Gasteiger partial charge in [0.05, 0.1) is 13.7 Å². The Bertz CT molecular complexity index is 585. The van der Waals surface area contributed by atoms with E-state index in [0.29, 0.717) is 11.5 Å². The van der Waals surface area contributed by atoms with Gasteiger partial charge in [-0.05, 0) is 36.5 Å². The molecule has 0 radical (unpaired) electrons. The SMILES string of the molecule is COc1cc(CO)ccc1S(=O)(=O)NC1CCCC(C)C1. The molecule has 5 nitrogen and oxygen atoms in total. The first-order valence-corrected chi connectivity index (χ1v) is 8.74. The molecule has 1 aliphatic rings. The lowest BCUT2D eigenvalue weighted by atomic mass is 9.88. The zero-order valence-corrected chi connectivity index (χ0v) is 13.3. The summed E-state index contributed by atoms with van der Waals surface area (Å²) in [5, 5.41) is 9.12. The Balaban J connectivity index is 2.22. The summed E-state index contributed by atoms with van der Waals surface area (Å²) in [5.41, 5.74) is 0.622. The van der Waals surface area contributed by atoms with E-state index in [2.05, 4.69) is 11.6 Å². The number of hydrogen-bond donors (Lipinski definition) is 2. The Hall–Kier alpha value is -1.11. The summed E-state index contributed by atoms with van der Waals surface area (Å²) in [6.07, 6.45) is 3.96. The highest BCUT2D eigenvalue weighted by Crippen LogP contribution is 2.28. The van der Waals surface area contributed by atoms with E-state index >= 15 is 0 Å². The first-order chi connectivity index (χ1) is 9.96. The summed E-state index contributed by atoms with van der Waals surface area (Å²) in [6, 6.07) is 4.62. The van der Waals surface area contributed by atoms with Gasteiger partial charge in [-0.2, -0.15) is 0 Å². The molecule has 1 aromatic rings. The van der Waals surface area contributed by atoms with Crippen molar-refractivity contribution in [2.45, 2.75) is 50.2 Å². The van der Waals surface area contributed by atoms with Crippen molar-refractivity contribution in [2.75, 3.05) is 7.11 Å². The van der Waals surface area contributed by atoms with Crippen molar-refractivity contribution in [1.82, 2.24) is 4.72 Å². The largest absolute Gasteiger partial charge is 0.495 e. The number of aliphatic hydroxyl groups excluding tert-OH is 1. The molecule has 0 amide bonds. The molecule has 2 N–H and O–H groups in total. The van der Waals surface area contributed by atoms with E-state index in [1.54, 1.807) is 12.1 Å². The van der Waals surface area contributed by atoms with E-state index in [0.717, 1.165) is 25.7 Å². The van der Waals surface area contributed by atoms with Crippen molar-refractivity contribution in [3.05, 3.63) is 23.8 Å². The number of aliphatic hydroxyl groups is 1. The van der Waals surface area contributed by atoms with Crippen LogP contribution in [-0.4, -0.2) is 26.7 Å². The average molecular weight is 313 g/mol. The van der Waals surface area contributed by atoms with Gasteiger partial charge < -0.3 is 9.84 Å². The highest BCUT2D eigenvalue weighted by Gasteiger charge is 2.26. The second-order valence-electron chi connectivity index (χ2n) is 5.73. The summed E-state index contributed by atoms with van der Waals surface area (Å²) in [7, 11) is -2.18. The van der Waals surface area contributed by atoms with Crippen LogP contribution in [0.15, 0.2) is 23.1 Å². The summed E-state index contributed by atoms with van der Waals surface area (Å²) in [4.78, 5) is 0.125. The molecule has 6 heteroatoms. The van der Waals surface area contributed by atoms with E-state index in [-0.39, 0.29) is 23.3 Å². The highest BCUT2D eigenvalue weighted by atomic mass is 32.2. The van der Waals surface area contributed by atoms with Crippen molar-refractivity contribution >= 4 is 10.0 Å². The molecule has 1 aromatic carbocycles. The molecule has 2 atom stereocenters. The summed E-state index contributed by atoms with van der Waals surface area (Å²) in [5.74, 6) is 0.808. The van der Waals surface area contributed by atoms with Gasteiger partial charge in [-0.1, -0.05) is 25.8 Å². The van der Waals surface area contributed by atoms with Crippen LogP contribution < -0.4 is 9.46 Å². The fourth-order valence-electron chi connectivity index (χ4n) is 2.86. The second kappa shape index (κ2) is 6.77. The predicted octanol–water partition coefficient (Wildman–Crippen LogP) is 2.04. The lowest BCUT2D eigenvalue weighted by molar-refractivity contribution is 0.280. The van der Waals surface area contributed by atoms with Crippen LogP contribution in [0.2, 0.25) is 0 Å². The number of nitrogens with one attached hydrogen (secondary N) is 1. The predicted molar refractivity (Wildman–Crippen MR) is 80.7 cm³/mol. The first-order valence-electron chi connectivity index (χ1n) is 7.26.